The summed E-state index contributed by atoms with van der Waals surface area (Å²) in [4.78, 5) is 15.3. The largest absolute Gasteiger partial charge is 0.324 e. The molecular weight excluding hydrogens is 152 g/mol. The molecule has 1 aromatic heterocycles. The van der Waals surface area contributed by atoms with Crippen molar-refractivity contribution in [1.82, 2.24) is 4.98 Å². The molecule has 1 atom stereocenters. The molecule has 1 aromatic rings. The average molecular weight is 162 g/mol. The van der Waals surface area contributed by atoms with E-state index >= 15 is 0 Å². The Labute approximate surface area is 70.8 Å². The molecule has 0 radical (unpaired) electrons. The van der Waals surface area contributed by atoms with Gasteiger partial charge in [0.15, 0.2) is 0 Å². The van der Waals surface area contributed by atoms with Gasteiger partial charge in [0.1, 0.15) is 0 Å². The summed E-state index contributed by atoms with van der Waals surface area (Å²) >= 11 is 0. The van der Waals surface area contributed by atoms with E-state index in [4.69, 9.17) is 0 Å². The van der Waals surface area contributed by atoms with Gasteiger partial charge in [0.05, 0.1) is 11.4 Å². The molecule has 1 unspecified atom stereocenters. The summed E-state index contributed by atoms with van der Waals surface area (Å²) in [5.74, 6) is 0.331. The van der Waals surface area contributed by atoms with Gasteiger partial charge in [-0.05, 0) is 12.1 Å². The Balaban J connectivity index is 2.47. The van der Waals surface area contributed by atoms with Crippen LogP contribution in [0, 0.1) is 0 Å². The smallest absolute Gasteiger partial charge is 0.225 e. The minimum absolute atomic E-state index is 0.0861. The number of carbonyl (C=O) groups excluding carboxylic acids is 1. The van der Waals surface area contributed by atoms with E-state index in [9.17, 15) is 4.79 Å². The third-order valence-electron chi connectivity index (χ3n) is 2.07. The lowest BCUT2D eigenvalue weighted by Crippen LogP contribution is -2.22. The molecule has 0 saturated carbocycles. The fourth-order valence-electron chi connectivity index (χ4n) is 1.49. The first-order chi connectivity index (χ1) is 5.77. The second-order valence-corrected chi connectivity index (χ2v) is 3.09. The van der Waals surface area contributed by atoms with Gasteiger partial charge < -0.3 is 5.32 Å². The van der Waals surface area contributed by atoms with Crippen LogP contribution in [0.4, 0.5) is 5.69 Å². The highest BCUT2D eigenvalue weighted by Gasteiger charge is 2.21. The highest BCUT2D eigenvalue weighted by molar-refractivity contribution is 5.94. The summed E-state index contributed by atoms with van der Waals surface area (Å²) in [6.45, 7) is 2.02. The zero-order valence-corrected chi connectivity index (χ0v) is 6.87. The molecule has 0 aromatic carbocycles. The standard InChI is InChI=1S/C9H10N2O/c1-6-5-8(12)11-7-3-2-4-10-9(6)7/h2-4,6H,5H2,1H3,(H,11,12). The molecule has 62 valence electrons. The van der Waals surface area contributed by atoms with Crippen LogP contribution in [0.25, 0.3) is 0 Å². The maximum absolute atomic E-state index is 11.1. The van der Waals surface area contributed by atoms with E-state index < -0.39 is 0 Å². The minimum Gasteiger partial charge on any atom is -0.324 e. The molecule has 1 amide bonds. The molecule has 3 heteroatoms. The molecule has 0 fully saturated rings. The van der Waals surface area contributed by atoms with Gasteiger partial charge in [0, 0.05) is 18.5 Å². The topological polar surface area (TPSA) is 42.0 Å². The molecule has 1 aliphatic rings. The van der Waals surface area contributed by atoms with Crippen LogP contribution in [-0.2, 0) is 4.79 Å². The van der Waals surface area contributed by atoms with Gasteiger partial charge in [0.25, 0.3) is 0 Å². The lowest BCUT2D eigenvalue weighted by molar-refractivity contribution is -0.116. The molecule has 1 N–H and O–H groups in total. The zero-order chi connectivity index (χ0) is 8.55. The fourth-order valence-corrected chi connectivity index (χ4v) is 1.49. The zero-order valence-electron chi connectivity index (χ0n) is 6.87. The second-order valence-electron chi connectivity index (χ2n) is 3.09. The van der Waals surface area contributed by atoms with E-state index in [1.54, 1.807) is 6.20 Å². The first kappa shape index (κ1) is 7.28. The Morgan fingerprint density at radius 2 is 2.50 bits per heavy atom. The molecule has 2 heterocycles. The van der Waals surface area contributed by atoms with E-state index in [2.05, 4.69) is 10.3 Å². The Morgan fingerprint density at radius 3 is 3.33 bits per heavy atom. The van der Waals surface area contributed by atoms with Crippen molar-refractivity contribution >= 4 is 11.6 Å². The summed E-state index contributed by atoms with van der Waals surface area (Å²) < 4.78 is 0. The van der Waals surface area contributed by atoms with E-state index in [0.29, 0.717) is 6.42 Å². The predicted octanol–water partition coefficient (Wildman–Crippen LogP) is 1.53. The van der Waals surface area contributed by atoms with Crippen molar-refractivity contribution < 1.29 is 4.79 Å². The van der Waals surface area contributed by atoms with Crippen molar-refractivity contribution in [1.29, 1.82) is 0 Å². The van der Waals surface area contributed by atoms with Crippen LogP contribution in [0.2, 0.25) is 0 Å². The number of pyridine rings is 1. The highest BCUT2D eigenvalue weighted by Crippen LogP contribution is 2.28. The molecule has 1 aliphatic heterocycles. The number of amides is 1. The number of nitrogens with one attached hydrogen (secondary N) is 1. The number of aromatic nitrogens is 1. The molecule has 0 bridgehead atoms. The van der Waals surface area contributed by atoms with Crippen molar-refractivity contribution in [3.8, 4) is 0 Å². The molecule has 12 heavy (non-hydrogen) atoms. The van der Waals surface area contributed by atoms with Gasteiger partial charge in [-0.15, -0.1) is 0 Å². The van der Waals surface area contributed by atoms with Crippen molar-refractivity contribution in [2.75, 3.05) is 5.32 Å². The summed E-state index contributed by atoms with van der Waals surface area (Å²) in [7, 11) is 0. The summed E-state index contributed by atoms with van der Waals surface area (Å²) in [5.41, 5.74) is 1.86. The summed E-state index contributed by atoms with van der Waals surface area (Å²) in [6, 6.07) is 3.72. The lowest BCUT2D eigenvalue weighted by Gasteiger charge is -2.20. The van der Waals surface area contributed by atoms with Gasteiger partial charge >= 0.3 is 0 Å². The van der Waals surface area contributed by atoms with Crippen molar-refractivity contribution in [2.45, 2.75) is 19.3 Å². The normalized spacial score (nSPS) is 21.4. The number of rotatable bonds is 0. The molecule has 0 spiro atoms. The minimum atomic E-state index is 0.0861. The maximum atomic E-state index is 11.1. The summed E-state index contributed by atoms with van der Waals surface area (Å²) in [5, 5.41) is 2.79. The number of hydrogen-bond donors (Lipinski definition) is 1. The van der Waals surface area contributed by atoms with E-state index in [0.717, 1.165) is 11.4 Å². The van der Waals surface area contributed by atoms with Crippen LogP contribution in [0.5, 0.6) is 0 Å². The third-order valence-corrected chi connectivity index (χ3v) is 2.07. The monoisotopic (exact) mass is 162 g/mol. The molecule has 0 saturated heterocycles. The van der Waals surface area contributed by atoms with Crippen LogP contribution < -0.4 is 5.32 Å². The third kappa shape index (κ3) is 1.07. The Bertz CT molecular complexity index is 322. The van der Waals surface area contributed by atoms with Crippen molar-refractivity contribution in [3.05, 3.63) is 24.0 Å². The van der Waals surface area contributed by atoms with Gasteiger partial charge in [-0.2, -0.15) is 0 Å². The van der Waals surface area contributed by atoms with Crippen molar-refractivity contribution in [3.63, 3.8) is 0 Å². The highest BCUT2D eigenvalue weighted by atomic mass is 16.1. The lowest BCUT2D eigenvalue weighted by atomic mass is 9.98. The first-order valence-electron chi connectivity index (χ1n) is 4.02. The number of hydrogen-bond acceptors (Lipinski definition) is 2. The van der Waals surface area contributed by atoms with Crippen LogP contribution in [0.1, 0.15) is 25.0 Å². The molecule has 3 nitrogen and oxygen atoms in total. The van der Waals surface area contributed by atoms with Gasteiger partial charge in [-0.3, -0.25) is 9.78 Å². The van der Waals surface area contributed by atoms with Crippen LogP contribution in [0.3, 0.4) is 0 Å². The van der Waals surface area contributed by atoms with Gasteiger partial charge in [-0.25, -0.2) is 0 Å². The predicted molar refractivity (Wildman–Crippen MR) is 45.9 cm³/mol. The first-order valence-corrected chi connectivity index (χ1v) is 4.02. The molecule has 2 rings (SSSR count). The van der Waals surface area contributed by atoms with Gasteiger partial charge in [0.2, 0.25) is 5.91 Å². The maximum Gasteiger partial charge on any atom is 0.225 e. The number of anilines is 1. The molecule has 0 aliphatic carbocycles. The SMILES string of the molecule is CC1CC(=O)Nc2cccnc21. The Kier molecular flexibility index (Phi) is 1.57. The average Bonchev–Trinajstić information content (AvgIpc) is 2.04. The Morgan fingerprint density at radius 1 is 1.67 bits per heavy atom. The Hall–Kier alpha value is -1.38. The quantitative estimate of drug-likeness (QED) is 0.628. The number of carbonyl (C=O) groups is 1. The van der Waals surface area contributed by atoms with Crippen LogP contribution in [-0.4, -0.2) is 10.9 Å². The van der Waals surface area contributed by atoms with Crippen LogP contribution >= 0.6 is 0 Å². The van der Waals surface area contributed by atoms with E-state index in [1.165, 1.54) is 0 Å². The van der Waals surface area contributed by atoms with Gasteiger partial charge in [-0.1, -0.05) is 6.92 Å². The van der Waals surface area contributed by atoms with E-state index in [-0.39, 0.29) is 11.8 Å². The fraction of sp³-hybridized carbons (Fsp3) is 0.333. The van der Waals surface area contributed by atoms with E-state index in [1.807, 2.05) is 19.1 Å². The number of nitrogens with zero attached hydrogens (tertiary/aromatic N) is 1. The van der Waals surface area contributed by atoms with Crippen molar-refractivity contribution in [2.24, 2.45) is 0 Å². The second kappa shape index (κ2) is 2.59. The summed E-state index contributed by atoms with van der Waals surface area (Å²) in [6.07, 6.45) is 2.30. The van der Waals surface area contributed by atoms with Crippen LogP contribution in [0.15, 0.2) is 18.3 Å². The number of fused-ring (bicyclic) bond motifs is 1. The molecular formula is C9H10N2O.